The van der Waals surface area contributed by atoms with Crippen molar-refractivity contribution in [2.45, 2.75) is 64.2 Å². The normalized spacial score (nSPS) is 18.2. The number of amides is 2. The molecule has 0 radical (unpaired) electrons. The summed E-state index contributed by atoms with van der Waals surface area (Å²) in [5.74, 6) is -1.01. The molecule has 22 heavy (non-hydrogen) atoms. The first-order chi connectivity index (χ1) is 10.8. The molecule has 0 aromatic rings. The van der Waals surface area contributed by atoms with Gasteiger partial charge in [-0.1, -0.05) is 23.3 Å². The molecule has 0 aromatic carbocycles. The number of hydrogen-bond acceptors (Lipinski definition) is 2. The molecule has 2 rings (SSSR count). The summed E-state index contributed by atoms with van der Waals surface area (Å²) in [6, 6.07) is 0. The van der Waals surface area contributed by atoms with E-state index >= 15 is 0 Å². The van der Waals surface area contributed by atoms with Crippen molar-refractivity contribution in [2.75, 3.05) is 13.1 Å². The predicted octanol–water partition coefficient (Wildman–Crippen LogP) is 3.00. The Bertz CT molecular complexity index is 410. The van der Waals surface area contributed by atoms with E-state index in [1.165, 1.54) is 36.8 Å². The van der Waals surface area contributed by atoms with Crippen molar-refractivity contribution in [1.29, 1.82) is 0 Å². The van der Waals surface area contributed by atoms with E-state index in [0.717, 1.165) is 38.5 Å². The number of rotatable bonds is 6. The molecule has 0 aliphatic heterocycles. The molecule has 0 saturated heterocycles. The molecule has 4 heteroatoms. The zero-order chi connectivity index (χ0) is 15.6. The second-order valence-corrected chi connectivity index (χ2v) is 6.23. The third-order valence-electron chi connectivity index (χ3n) is 4.44. The number of hydrogen-bond donors (Lipinski definition) is 2. The summed E-state index contributed by atoms with van der Waals surface area (Å²) >= 11 is 0. The van der Waals surface area contributed by atoms with Crippen LogP contribution in [0.15, 0.2) is 23.3 Å². The minimum absolute atomic E-state index is 0.506. The highest BCUT2D eigenvalue weighted by Gasteiger charge is 2.13. The second-order valence-electron chi connectivity index (χ2n) is 6.23. The van der Waals surface area contributed by atoms with Gasteiger partial charge in [-0.15, -0.1) is 0 Å². The van der Waals surface area contributed by atoms with Crippen LogP contribution in [0.2, 0.25) is 0 Å². The Morgan fingerprint density at radius 3 is 1.59 bits per heavy atom. The summed E-state index contributed by atoms with van der Waals surface area (Å²) in [7, 11) is 0. The SMILES string of the molecule is O=C(NCCC1=CCCCC1)C(=O)NCCC1=CCCCC1. The maximum absolute atomic E-state index is 11.7. The first-order valence-corrected chi connectivity index (χ1v) is 8.67. The highest BCUT2D eigenvalue weighted by Crippen LogP contribution is 2.20. The third-order valence-corrected chi connectivity index (χ3v) is 4.44. The zero-order valence-corrected chi connectivity index (χ0v) is 13.5. The van der Waals surface area contributed by atoms with Gasteiger partial charge in [-0.25, -0.2) is 0 Å². The third kappa shape index (κ3) is 6.04. The first-order valence-electron chi connectivity index (χ1n) is 8.67. The molecule has 0 unspecified atom stereocenters. The minimum Gasteiger partial charge on any atom is -0.348 e. The van der Waals surface area contributed by atoms with E-state index in [9.17, 15) is 9.59 Å². The summed E-state index contributed by atoms with van der Waals surface area (Å²) in [4.78, 5) is 23.4. The summed E-state index contributed by atoms with van der Waals surface area (Å²) in [5.41, 5.74) is 2.83. The molecule has 0 atom stereocenters. The van der Waals surface area contributed by atoms with Crippen molar-refractivity contribution in [1.82, 2.24) is 10.6 Å². The number of allylic oxidation sites excluding steroid dienone is 2. The Kier molecular flexibility index (Phi) is 7.20. The first kappa shape index (κ1) is 16.8. The Balaban J connectivity index is 1.57. The van der Waals surface area contributed by atoms with Crippen LogP contribution in [0.25, 0.3) is 0 Å². The highest BCUT2D eigenvalue weighted by molar-refractivity contribution is 6.35. The summed E-state index contributed by atoms with van der Waals surface area (Å²) in [5, 5.41) is 5.42. The number of carbonyl (C=O) groups is 2. The Morgan fingerprint density at radius 2 is 1.23 bits per heavy atom. The molecule has 0 spiro atoms. The quantitative estimate of drug-likeness (QED) is 0.585. The van der Waals surface area contributed by atoms with Gasteiger partial charge >= 0.3 is 11.8 Å². The van der Waals surface area contributed by atoms with Gasteiger partial charge in [0.2, 0.25) is 0 Å². The van der Waals surface area contributed by atoms with Gasteiger partial charge in [-0.3, -0.25) is 9.59 Å². The van der Waals surface area contributed by atoms with Gasteiger partial charge in [-0.05, 0) is 64.2 Å². The molecule has 2 aliphatic carbocycles. The Labute approximate surface area is 133 Å². The Hall–Kier alpha value is -1.58. The van der Waals surface area contributed by atoms with Gasteiger partial charge in [0, 0.05) is 13.1 Å². The monoisotopic (exact) mass is 304 g/mol. The predicted molar refractivity (Wildman–Crippen MR) is 88.4 cm³/mol. The van der Waals surface area contributed by atoms with Gasteiger partial charge in [-0.2, -0.15) is 0 Å². The van der Waals surface area contributed by atoms with E-state index < -0.39 is 11.8 Å². The smallest absolute Gasteiger partial charge is 0.309 e. The maximum Gasteiger partial charge on any atom is 0.309 e. The van der Waals surface area contributed by atoms with Crippen LogP contribution in [0.1, 0.15) is 64.2 Å². The van der Waals surface area contributed by atoms with E-state index in [0.29, 0.717) is 13.1 Å². The van der Waals surface area contributed by atoms with Crippen LogP contribution in [0.4, 0.5) is 0 Å². The second kappa shape index (κ2) is 9.44. The van der Waals surface area contributed by atoms with E-state index in [1.807, 2.05) is 0 Å². The molecule has 0 bridgehead atoms. The maximum atomic E-state index is 11.7. The molecule has 2 aliphatic rings. The summed E-state index contributed by atoms with van der Waals surface area (Å²) < 4.78 is 0. The molecule has 0 aromatic heterocycles. The van der Waals surface area contributed by atoms with Crippen molar-refractivity contribution in [3.8, 4) is 0 Å². The molecule has 2 N–H and O–H groups in total. The van der Waals surface area contributed by atoms with Gasteiger partial charge in [0.1, 0.15) is 0 Å². The van der Waals surface area contributed by atoms with Crippen LogP contribution >= 0.6 is 0 Å². The average molecular weight is 304 g/mol. The molecule has 4 nitrogen and oxygen atoms in total. The van der Waals surface area contributed by atoms with Crippen LogP contribution in [0.3, 0.4) is 0 Å². The average Bonchev–Trinajstić information content (AvgIpc) is 2.56. The lowest BCUT2D eigenvalue weighted by atomic mass is 9.97. The van der Waals surface area contributed by atoms with Gasteiger partial charge in [0.15, 0.2) is 0 Å². The molecule has 122 valence electrons. The van der Waals surface area contributed by atoms with Crippen molar-refractivity contribution in [3.63, 3.8) is 0 Å². The lowest BCUT2D eigenvalue weighted by Gasteiger charge is -2.14. The van der Waals surface area contributed by atoms with Crippen molar-refractivity contribution < 1.29 is 9.59 Å². The lowest BCUT2D eigenvalue weighted by molar-refractivity contribution is -0.139. The number of carbonyl (C=O) groups excluding carboxylic acids is 2. The van der Waals surface area contributed by atoms with E-state index in [4.69, 9.17) is 0 Å². The summed E-state index contributed by atoms with van der Waals surface area (Å²) in [6.45, 7) is 1.12. The van der Waals surface area contributed by atoms with Crippen LogP contribution in [0, 0.1) is 0 Å². The highest BCUT2D eigenvalue weighted by atomic mass is 16.2. The largest absolute Gasteiger partial charge is 0.348 e. The fourth-order valence-corrected chi connectivity index (χ4v) is 3.10. The fraction of sp³-hybridized carbons (Fsp3) is 0.667. The standard InChI is InChI=1S/C18H28N2O2/c21-17(19-13-11-15-7-3-1-4-8-15)18(22)20-14-12-16-9-5-2-6-10-16/h7,9H,1-6,8,10-14H2,(H,19,21)(H,20,22). The molecular formula is C18H28N2O2. The molecule has 0 fully saturated rings. The van der Waals surface area contributed by atoms with Crippen LogP contribution in [0.5, 0.6) is 0 Å². The molecule has 0 heterocycles. The van der Waals surface area contributed by atoms with Crippen LogP contribution in [-0.4, -0.2) is 24.9 Å². The zero-order valence-electron chi connectivity index (χ0n) is 13.5. The van der Waals surface area contributed by atoms with Crippen LogP contribution in [-0.2, 0) is 9.59 Å². The molecule has 2 amide bonds. The molecular weight excluding hydrogens is 276 g/mol. The topological polar surface area (TPSA) is 58.2 Å². The lowest BCUT2D eigenvalue weighted by Crippen LogP contribution is -2.40. The molecule has 0 saturated carbocycles. The fourth-order valence-electron chi connectivity index (χ4n) is 3.10. The minimum atomic E-state index is -0.506. The van der Waals surface area contributed by atoms with Crippen molar-refractivity contribution in [2.24, 2.45) is 0 Å². The van der Waals surface area contributed by atoms with Crippen LogP contribution < -0.4 is 10.6 Å². The number of nitrogens with one attached hydrogen (secondary N) is 2. The Morgan fingerprint density at radius 1 is 0.773 bits per heavy atom. The summed E-state index contributed by atoms with van der Waals surface area (Å²) in [6.07, 6.45) is 15.9. The van der Waals surface area contributed by atoms with Crippen molar-refractivity contribution >= 4 is 11.8 Å². The van der Waals surface area contributed by atoms with E-state index in [1.54, 1.807) is 0 Å². The van der Waals surface area contributed by atoms with Gasteiger partial charge < -0.3 is 10.6 Å². The van der Waals surface area contributed by atoms with Gasteiger partial charge in [0.25, 0.3) is 0 Å². The van der Waals surface area contributed by atoms with E-state index in [-0.39, 0.29) is 0 Å². The van der Waals surface area contributed by atoms with Crippen molar-refractivity contribution in [3.05, 3.63) is 23.3 Å². The van der Waals surface area contributed by atoms with E-state index in [2.05, 4.69) is 22.8 Å². The van der Waals surface area contributed by atoms with Gasteiger partial charge in [0.05, 0.1) is 0 Å².